The Morgan fingerprint density at radius 2 is 1.14 bits per heavy atom. The summed E-state index contributed by atoms with van der Waals surface area (Å²) in [6, 6.07) is 47.9. The summed E-state index contributed by atoms with van der Waals surface area (Å²) in [6.45, 7) is 2.03. The van der Waals surface area contributed by atoms with Crippen LogP contribution in [0.1, 0.15) is 15.9 Å². The Kier molecular flexibility index (Phi) is 10.1. The van der Waals surface area contributed by atoms with Crippen LogP contribution in [-0.2, 0) is 0 Å². The molecule has 0 bridgehead atoms. The molecule has 1 N–H and O–H groups in total. The van der Waals surface area contributed by atoms with Gasteiger partial charge in [0.25, 0.3) is 5.56 Å². The molecule has 7 heteroatoms. The molecule has 6 rings (SSSR count). The van der Waals surface area contributed by atoms with Gasteiger partial charge in [0.1, 0.15) is 26.8 Å². The average molecular weight is 679 g/mol. The lowest BCUT2D eigenvalue weighted by Gasteiger charge is -2.28. The van der Waals surface area contributed by atoms with Crippen LogP contribution >= 0.6 is 36.0 Å². The Hall–Kier alpha value is -4.09. The van der Waals surface area contributed by atoms with Gasteiger partial charge in [-0.2, -0.15) is 0 Å². The Morgan fingerprint density at radius 1 is 0.682 bits per heavy atom. The molecule has 0 aliphatic heterocycles. The summed E-state index contributed by atoms with van der Waals surface area (Å²) < 4.78 is 0. The molecular formula is C37H31BrN2O2PS+. The Bertz CT molecular complexity index is 1800. The smallest absolute Gasteiger partial charge is 0.296 e. The van der Waals surface area contributed by atoms with Gasteiger partial charge in [0.15, 0.2) is 13.0 Å². The molecule has 0 saturated heterocycles. The van der Waals surface area contributed by atoms with Crippen LogP contribution in [0, 0.1) is 6.92 Å². The van der Waals surface area contributed by atoms with Crippen LogP contribution < -0.4 is 26.8 Å². The maximum absolute atomic E-state index is 14.6. The first-order valence-corrected chi connectivity index (χ1v) is 16.8. The predicted octanol–water partition coefficient (Wildman–Crippen LogP) is 6.92. The summed E-state index contributed by atoms with van der Waals surface area (Å²) in [5.41, 5.74) is 2.36. The van der Waals surface area contributed by atoms with Crippen molar-refractivity contribution in [2.24, 2.45) is 0 Å². The maximum atomic E-state index is 14.6. The Morgan fingerprint density at radius 3 is 1.61 bits per heavy atom. The molecule has 0 amide bonds. The second-order valence-corrected chi connectivity index (χ2v) is 14.5. The van der Waals surface area contributed by atoms with E-state index >= 15 is 0 Å². The van der Waals surface area contributed by atoms with Crippen molar-refractivity contribution in [1.82, 2.24) is 9.97 Å². The van der Waals surface area contributed by atoms with E-state index in [4.69, 9.17) is 4.98 Å². The minimum Gasteiger partial charge on any atom is -0.303 e. The molecule has 6 aromatic rings. The molecule has 1 aromatic heterocycles. The van der Waals surface area contributed by atoms with Gasteiger partial charge in [-0.1, -0.05) is 127 Å². The van der Waals surface area contributed by atoms with Gasteiger partial charge in [0, 0.05) is 11.1 Å². The summed E-state index contributed by atoms with van der Waals surface area (Å²) in [7, 11) is -2.77. The molecular weight excluding hydrogens is 647 g/mol. The Labute approximate surface area is 272 Å². The second-order valence-electron chi connectivity index (χ2n) is 10.2. The van der Waals surface area contributed by atoms with E-state index in [1.807, 2.05) is 116 Å². The van der Waals surface area contributed by atoms with Crippen LogP contribution in [0.2, 0.25) is 0 Å². The molecule has 0 radical (unpaired) electrons. The Balaban J connectivity index is 0.00000384. The van der Waals surface area contributed by atoms with Crippen molar-refractivity contribution in [3.63, 3.8) is 0 Å². The number of Topliss-reactive ketones (excluding diaryl/α,β-unsaturated/α-hetero) is 1. The lowest BCUT2D eigenvalue weighted by atomic mass is 10.1. The van der Waals surface area contributed by atoms with Crippen molar-refractivity contribution in [1.29, 1.82) is 0 Å². The third kappa shape index (κ3) is 6.25. The van der Waals surface area contributed by atoms with E-state index in [1.54, 1.807) is 0 Å². The van der Waals surface area contributed by atoms with Crippen molar-refractivity contribution in [3.05, 3.63) is 167 Å². The zero-order chi connectivity index (χ0) is 29.6. The fraction of sp³-hybridized carbons (Fsp3) is 0.0541. The van der Waals surface area contributed by atoms with E-state index < -0.39 is 7.26 Å². The first-order chi connectivity index (χ1) is 21.1. The molecule has 0 atom stereocenters. The second kappa shape index (κ2) is 14.1. The highest BCUT2D eigenvalue weighted by Gasteiger charge is 2.52. The van der Waals surface area contributed by atoms with Crippen LogP contribution in [0.3, 0.4) is 0 Å². The molecule has 218 valence electrons. The van der Waals surface area contributed by atoms with Crippen LogP contribution in [0.5, 0.6) is 0 Å². The zero-order valence-corrected chi connectivity index (χ0v) is 27.5. The van der Waals surface area contributed by atoms with Gasteiger partial charge < -0.3 is 4.98 Å². The summed E-state index contributed by atoms with van der Waals surface area (Å²) in [6.07, 6.45) is 0. The van der Waals surface area contributed by atoms with E-state index in [1.165, 1.54) is 11.8 Å². The molecule has 1 heterocycles. The number of H-pyrrole nitrogens is 1. The van der Waals surface area contributed by atoms with E-state index in [0.29, 0.717) is 21.7 Å². The standard InChI is InChI=1S/C37H29N2O2PS.BrH/c1-27-22-24-29(25-23-27)35-38-36(41)34(37(39-35)43-26-33(40)28-14-6-2-7-15-28)42(30-16-8-3-9-17-30,31-18-10-4-11-19-31)32-20-12-5-13-21-32;/h2-25H,26H2,1H3;1H/p+1. The molecule has 5 aromatic carbocycles. The predicted molar refractivity (Wildman–Crippen MR) is 192 cm³/mol. The topological polar surface area (TPSA) is 62.8 Å². The van der Waals surface area contributed by atoms with Gasteiger partial charge in [0.2, 0.25) is 5.30 Å². The molecule has 0 aliphatic rings. The highest BCUT2D eigenvalue weighted by atomic mass is 79.9. The number of nitrogens with zero attached hydrogens (tertiary/aromatic N) is 1. The number of thioether (sulfide) groups is 1. The number of aromatic nitrogens is 2. The normalized spacial score (nSPS) is 11.0. The number of benzene rings is 5. The van der Waals surface area contributed by atoms with Gasteiger partial charge >= 0.3 is 0 Å². The average Bonchev–Trinajstić information content (AvgIpc) is 3.07. The summed E-state index contributed by atoms with van der Waals surface area (Å²) in [5, 5.41) is 4.28. The number of carbonyl (C=O) groups excluding carboxylic acids is 1. The molecule has 4 nitrogen and oxygen atoms in total. The minimum atomic E-state index is -2.77. The first kappa shape index (κ1) is 31.3. The highest BCUT2D eigenvalue weighted by molar-refractivity contribution is 8.93. The fourth-order valence-electron chi connectivity index (χ4n) is 5.32. The number of rotatable bonds is 9. The van der Waals surface area contributed by atoms with E-state index in [0.717, 1.165) is 27.0 Å². The highest BCUT2D eigenvalue weighted by Crippen LogP contribution is 2.54. The van der Waals surface area contributed by atoms with Crippen LogP contribution in [0.4, 0.5) is 0 Å². The lowest BCUT2D eigenvalue weighted by Crippen LogP contribution is -2.46. The SMILES string of the molecule is Br.Cc1ccc(-c2nc(SCC(=O)c3ccccc3)c([P+](c3ccccc3)(c3ccccc3)c3ccccc3)c(=O)[nH]2)cc1. The number of hydrogen-bond donors (Lipinski definition) is 1. The maximum Gasteiger partial charge on any atom is 0.296 e. The number of ketones is 1. The molecule has 0 saturated carbocycles. The number of halogens is 1. The quantitative estimate of drug-likeness (QED) is 0.0782. The monoisotopic (exact) mass is 677 g/mol. The number of aryl methyl sites for hydroxylation is 1. The van der Waals surface area contributed by atoms with Gasteiger partial charge in [-0.3, -0.25) is 9.59 Å². The van der Waals surface area contributed by atoms with E-state index in [2.05, 4.69) is 41.4 Å². The van der Waals surface area contributed by atoms with Crippen molar-refractivity contribution < 1.29 is 4.79 Å². The largest absolute Gasteiger partial charge is 0.303 e. The van der Waals surface area contributed by atoms with Crippen LogP contribution in [-0.4, -0.2) is 21.5 Å². The number of aromatic amines is 1. The minimum absolute atomic E-state index is 0. The number of carbonyl (C=O) groups is 1. The van der Waals surface area contributed by atoms with Gasteiger partial charge in [-0.15, -0.1) is 17.0 Å². The van der Waals surface area contributed by atoms with Gasteiger partial charge in [0.05, 0.1) is 5.75 Å². The van der Waals surface area contributed by atoms with Gasteiger partial charge in [-0.05, 0) is 43.3 Å². The zero-order valence-electron chi connectivity index (χ0n) is 24.1. The molecule has 0 spiro atoms. The van der Waals surface area contributed by atoms with Crippen molar-refractivity contribution in [2.45, 2.75) is 11.9 Å². The van der Waals surface area contributed by atoms with Crippen molar-refractivity contribution >= 4 is 63.0 Å². The van der Waals surface area contributed by atoms with E-state index in [-0.39, 0.29) is 34.1 Å². The third-order valence-corrected chi connectivity index (χ3v) is 12.8. The molecule has 0 unspecified atom stereocenters. The summed E-state index contributed by atoms with van der Waals surface area (Å²) >= 11 is 1.33. The lowest BCUT2D eigenvalue weighted by molar-refractivity contribution is 0.102. The first-order valence-electron chi connectivity index (χ1n) is 14.1. The van der Waals surface area contributed by atoms with E-state index in [9.17, 15) is 9.59 Å². The summed E-state index contributed by atoms with van der Waals surface area (Å²) in [4.78, 5) is 36.2. The molecule has 0 fully saturated rings. The van der Waals surface area contributed by atoms with Gasteiger partial charge in [-0.25, -0.2) is 4.98 Å². The van der Waals surface area contributed by atoms with Crippen molar-refractivity contribution in [3.8, 4) is 11.4 Å². The van der Waals surface area contributed by atoms with Crippen LogP contribution in [0.25, 0.3) is 11.4 Å². The number of hydrogen-bond acceptors (Lipinski definition) is 4. The molecule has 44 heavy (non-hydrogen) atoms. The van der Waals surface area contributed by atoms with Crippen LogP contribution in [0.15, 0.2) is 155 Å². The summed E-state index contributed by atoms with van der Waals surface area (Å²) in [5.74, 6) is 0.619. The number of nitrogens with one attached hydrogen (secondary N) is 1. The third-order valence-electron chi connectivity index (χ3n) is 7.39. The van der Waals surface area contributed by atoms with Crippen molar-refractivity contribution in [2.75, 3.05) is 5.75 Å². The molecule has 0 aliphatic carbocycles. The fourth-order valence-corrected chi connectivity index (χ4v) is 11.0.